The number of nitrogens with zero attached hydrogens (tertiary/aromatic N) is 1. The number of likely N-dealkylation sites (N-methyl/N-ethyl adjacent to an activating group) is 1. The van der Waals surface area contributed by atoms with Crippen molar-refractivity contribution in [2.24, 2.45) is 0 Å². The van der Waals surface area contributed by atoms with Crippen LogP contribution in [0.15, 0.2) is 24.3 Å². The second kappa shape index (κ2) is 7.26. The summed E-state index contributed by atoms with van der Waals surface area (Å²) >= 11 is 0. The van der Waals surface area contributed by atoms with Gasteiger partial charge in [0.05, 0.1) is 6.54 Å². The van der Waals surface area contributed by atoms with E-state index >= 15 is 0 Å². The summed E-state index contributed by atoms with van der Waals surface area (Å²) in [5.41, 5.74) is 0.799. The lowest BCUT2D eigenvalue weighted by atomic mass is 10.3. The van der Waals surface area contributed by atoms with E-state index in [1.807, 2.05) is 38.4 Å². The molecule has 0 bridgehead atoms. The van der Waals surface area contributed by atoms with Crippen LogP contribution in [-0.4, -0.2) is 50.6 Å². The van der Waals surface area contributed by atoms with Gasteiger partial charge in [0.15, 0.2) is 0 Å². The molecule has 0 atom stereocenters. The first kappa shape index (κ1) is 14.8. The molecule has 0 spiro atoms. The summed E-state index contributed by atoms with van der Waals surface area (Å²) in [4.78, 5) is 13.7. The summed E-state index contributed by atoms with van der Waals surface area (Å²) in [5, 5.41) is 6.05. The highest BCUT2D eigenvalue weighted by molar-refractivity contribution is 5.92. The van der Waals surface area contributed by atoms with Crippen LogP contribution < -0.4 is 15.4 Å². The molecule has 0 aliphatic heterocycles. The Morgan fingerprint density at radius 2 is 2.00 bits per heavy atom. The van der Waals surface area contributed by atoms with Crippen LogP contribution in [0.2, 0.25) is 0 Å². The Balaban J connectivity index is 1.71. The number of nitrogens with one attached hydrogen (secondary N) is 2. The third-order valence-electron chi connectivity index (χ3n) is 3.07. The van der Waals surface area contributed by atoms with E-state index in [0.29, 0.717) is 19.2 Å². The van der Waals surface area contributed by atoms with E-state index in [9.17, 15) is 4.79 Å². The van der Waals surface area contributed by atoms with Gasteiger partial charge in [-0.3, -0.25) is 4.79 Å². The predicted molar refractivity (Wildman–Crippen MR) is 80.1 cm³/mol. The monoisotopic (exact) mass is 277 g/mol. The van der Waals surface area contributed by atoms with Gasteiger partial charge in [-0.25, -0.2) is 0 Å². The van der Waals surface area contributed by atoms with Gasteiger partial charge in [-0.05, 0) is 51.2 Å². The third kappa shape index (κ3) is 5.59. The van der Waals surface area contributed by atoms with Crippen LogP contribution in [0.3, 0.4) is 0 Å². The summed E-state index contributed by atoms with van der Waals surface area (Å²) in [5.74, 6) is 0.819. The maximum atomic E-state index is 11.7. The van der Waals surface area contributed by atoms with Gasteiger partial charge in [0.1, 0.15) is 12.4 Å². The molecule has 0 aromatic heterocycles. The van der Waals surface area contributed by atoms with Gasteiger partial charge in [0.2, 0.25) is 5.91 Å². The molecular formula is C15H23N3O2. The zero-order chi connectivity index (χ0) is 14.4. The van der Waals surface area contributed by atoms with Gasteiger partial charge < -0.3 is 20.3 Å². The lowest BCUT2D eigenvalue weighted by Gasteiger charge is -2.11. The number of anilines is 1. The molecule has 20 heavy (non-hydrogen) atoms. The van der Waals surface area contributed by atoms with Crippen LogP contribution >= 0.6 is 0 Å². The molecule has 0 unspecified atom stereocenters. The predicted octanol–water partition coefficient (Wildman–Crippen LogP) is 1.32. The molecule has 1 saturated carbocycles. The minimum Gasteiger partial charge on any atom is -0.492 e. The Kier molecular flexibility index (Phi) is 5.38. The fourth-order valence-corrected chi connectivity index (χ4v) is 1.71. The van der Waals surface area contributed by atoms with E-state index in [1.54, 1.807) is 0 Å². The Morgan fingerprint density at radius 1 is 1.30 bits per heavy atom. The number of hydrogen-bond donors (Lipinski definition) is 2. The fourth-order valence-electron chi connectivity index (χ4n) is 1.71. The minimum absolute atomic E-state index is 0.00169. The molecule has 1 fully saturated rings. The first-order valence-electron chi connectivity index (χ1n) is 7.04. The molecule has 1 aliphatic rings. The van der Waals surface area contributed by atoms with Gasteiger partial charge in [0.25, 0.3) is 0 Å². The quantitative estimate of drug-likeness (QED) is 0.752. The van der Waals surface area contributed by atoms with Crippen molar-refractivity contribution >= 4 is 11.6 Å². The smallest absolute Gasteiger partial charge is 0.238 e. The number of carbonyl (C=O) groups is 1. The maximum Gasteiger partial charge on any atom is 0.238 e. The molecule has 5 heteroatoms. The molecule has 1 aromatic carbocycles. The van der Waals surface area contributed by atoms with Crippen molar-refractivity contribution in [1.82, 2.24) is 10.2 Å². The van der Waals surface area contributed by atoms with E-state index < -0.39 is 0 Å². The number of amides is 1. The van der Waals surface area contributed by atoms with Crippen LogP contribution in [0.5, 0.6) is 5.75 Å². The highest BCUT2D eigenvalue weighted by atomic mass is 16.5. The van der Waals surface area contributed by atoms with Crippen molar-refractivity contribution in [2.75, 3.05) is 39.1 Å². The number of rotatable bonds is 8. The summed E-state index contributed by atoms with van der Waals surface area (Å²) in [6, 6.07) is 8.02. The molecule has 0 heterocycles. The highest BCUT2D eigenvalue weighted by Crippen LogP contribution is 2.18. The van der Waals surface area contributed by atoms with Crippen molar-refractivity contribution in [3.63, 3.8) is 0 Å². The zero-order valence-corrected chi connectivity index (χ0v) is 12.2. The highest BCUT2D eigenvalue weighted by Gasteiger charge is 2.21. The largest absolute Gasteiger partial charge is 0.492 e. The molecule has 110 valence electrons. The van der Waals surface area contributed by atoms with Crippen molar-refractivity contribution in [2.45, 2.75) is 18.9 Å². The Bertz CT molecular complexity index is 427. The van der Waals surface area contributed by atoms with Crippen molar-refractivity contribution in [3.8, 4) is 5.75 Å². The summed E-state index contributed by atoms with van der Waals surface area (Å²) < 4.78 is 5.60. The molecular weight excluding hydrogens is 254 g/mol. The number of hydrogen-bond acceptors (Lipinski definition) is 4. The Labute approximate surface area is 120 Å². The van der Waals surface area contributed by atoms with Crippen LogP contribution in [0, 0.1) is 0 Å². The van der Waals surface area contributed by atoms with E-state index in [1.165, 1.54) is 12.8 Å². The summed E-state index contributed by atoms with van der Waals surface area (Å²) in [6.07, 6.45) is 2.37. The average molecular weight is 277 g/mol. The van der Waals surface area contributed by atoms with Gasteiger partial charge in [-0.15, -0.1) is 0 Å². The first-order valence-corrected chi connectivity index (χ1v) is 7.04. The maximum absolute atomic E-state index is 11.7. The van der Waals surface area contributed by atoms with Crippen molar-refractivity contribution in [3.05, 3.63) is 24.3 Å². The fraction of sp³-hybridized carbons (Fsp3) is 0.533. The van der Waals surface area contributed by atoms with Gasteiger partial charge >= 0.3 is 0 Å². The first-order chi connectivity index (χ1) is 9.63. The van der Waals surface area contributed by atoms with Crippen LogP contribution in [-0.2, 0) is 4.79 Å². The average Bonchev–Trinajstić information content (AvgIpc) is 3.22. The van der Waals surface area contributed by atoms with Crippen molar-refractivity contribution in [1.29, 1.82) is 0 Å². The number of ether oxygens (including phenoxy) is 1. The molecule has 2 rings (SSSR count). The Morgan fingerprint density at radius 3 is 2.60 bits per heavy atom. The minimum atomic E-state index is -0.00169. The third-order valence-corrected chi connectivity index (χ3v) is 3.07. The SMILES string of the molecule is CN(C)CCOc1ccc(NC(=O)CNC2CC2)cc1. The van der Waals surface area contributed by atoms with E-state index in [0.717, 1.165) is 18.0 Å². The van der Waals surface area contributed by atoms with Gasteiger partial charge in [0, 0.05) is 18.3 Å². The standard InChI is InChI=1S/C15H23N3O2/c1-18(2)9-10-20-14-7-5-13(6-8-14)17-15(19)11-16-12-3-4-12/h5-8,12,16H,3-4,9-11H2,1-2H3,(H,17,19). The van der Waals surface area contributed by atoms with E-state index in [2.05, 4.69) is 15.5 Å². The second-order valence-corrected chi connectivity index (χ2v) is 5.38. The molecule has 5 nitrogen and oxygen atoms in total. The summed E-state index contributed by atoms with van der Waals surface area (Å²) in [7, 11) is 4.02. The van der Waals surface area contributed by atoms with Crippen LogP contribution in [0.25, 0.3) is 0 Å². The second-order valence-electron chi connectivity index (χ2n) is 5.38. The van der Waals surface area contributed by atoms with Crippen molar-refractivity contribution < 1.29 is 9.53 Å². The van der Waals surface area contributed by atoms with Crippen LogP contribution in [0.4, 0.5) is 5.69 Å². The summed E-state index contributed by atoms with van der Waals surface area (Å²) in [6.45, 7) is 1.92. The van der Waals surface area contributed by atoms with E-state index in [-0.39, 0.29) is 5.91 Å². The van der Waals surface area contributed by atoms with Crippen LogP contribution in [0.1, 0.15) is 12.8 Å². The topological polar surface area (TPSA) is 53.6 Å². The lowest BCUT2D eigenvalue weighted by Crippen LogP contribution is -2.29. The molecule has 1 amide bonds. The normalized spacial score (nSPS) is 14.3. The zero-order valence-electron chi connectivity index (χ0n) is 12.2. The molecule has 0 radical (unpaired) electrons. The molecule has 2 N–H and O–H groups in total. The lowest BCUT2D eigenvalue weighted by molar-refractivity contribution is -0.115. The number of benzene rings is 1. The molecule has 0 saturated heterocycles. The Hall–Kier alpha value is -1.59. The van der Waals surface area contributed by atoms with Gasteiger partial charge in [-0.1, -0.05) is 0 Å². The molecule has 1 aliphatic carbocycles. The molecule has 1 aromatic rings. The van der Waals surface area contributed by atoms with E-state index in [4.69, 9.17) is 4.74 Å². The number of carbonyl (C=O) groups excluding carboxylic acids is 1. The van der Waals surface area contributed by atoms with Gasteiger partial charge in [-0.2, -0.15) is 0 Å².